The van der Waals surface area contributed by atoms with Crippen LogP contribution in [-0.4, -0.2) is 65.9 Å². The van der Waals surface area contributed by atoms with E-state index in [2.05, 4.69) is 10.3 Å². The first-order chi connectivity index (χ1) is 10.1. The lowest BCUT2D eigenvalue weighted by Gasteiger charge is -2.34. The first-order valence-corrected chi connectivity index (χ1v) is 7.07. The van der Waals surface area contributed by atoms with Crippen LogP contribution in [0.15, 0.2) is 23.1 Å². The van der Waals surface area contributed by atoms with Gasteiger partial charge in [0.25, 0.3) is 5.91 Å². The number of nitrogens with one attached hydrogen (secondary N) is 2. The molecule has 0 aliphatic carbocycles. The van der Waals surface area contributed by atoms with E-state index in [9.17, 15) is 14.4 Å². The second-order valence-electron chi connectivity index (χ2n) is 4.96. The van der Waals surface area contributed by atoms with Gasteiger partial charge >= 0.3 is 0 Å². The zero-order valence-electron chi connectivity index (χ0n) is 12.1. The third-order valence-electron chi connectivity index (χ3n) is 3.43. The minimum absolute atomic E-state index is 0.0120. The summed E-state index contributed by atoms with van der Waals surface area (Å²) in [5.41, 5.74) is 0.255. The topological polar surface area (TPSA) is 85.5 Å². The molecule has 0 radical (unpaired) electrons. The van der Waals surface area contributed by atoms with Gasteiger partial charge in [0.1, 0.15) is 0 Å². The maximum atomic E-state index is 12.2. The van der Waals surface area contributed by atoms with E-state index in [0.717, 1.165) is 0 Å². The van der Waals surface area contributed by atoms with Crippen LogP contribution in [0.5, 0.6) is 0 Å². The Morgan fingerprint density at radius 3 is 2.52 bits per heavy atom. The maximum Gasteiger partial charge on any atom is 0.255 e. The number of aromatic amines is 1. The molecule has 2 heterocycles. The molecule has 2 N–H and O–H groups in total. The van der Waals surface area contributed by atoms with E-state index in [-0.39, 0.29) is 17.4 Å². The van der Waals surface area contributed by atoms with Gasteiger partial charge in [0.2, 0.25) is 11.5 Å². The molecule has 1 saturated heterocycles. The van der Waals surface area contributed by atoms with E-state index in [1.54, 1.807) is 4.90 Å². The van der Waals surface area contributed by atoms with Crippen LogP contribution in [0, 0.1) is 0 Å². The summed E-state index contributed by atoms with van der Waals surface area (Å²) in [6.07, 6.45) is 1.44. The van der Waals surface area contributed by atoms with E-state index in [1.807, 2.05) is 11.8 Å². The van der Waals surface area contributed by atoms with Crippen molar-refractivity contribution in [2.75, 3.05) is 39.3 Å². The number of amides is 2. The Balaban J connectivity index is 1.86. The number of nitrogens with zero attached hydrogens (tertiary/aromatic N) is 2. The predicted octanol–water partition coefficient (Wildman–Crippen LogP) is -0.731. The van der Waals surface area contributed by atoms with Crippen LogP contribution in [0.25, 0.3) is 0 Å². The highest BCUT2D eigenvalue weighted by Crippen LogP contribution is 2.07. The van der Waals surface area contributed by atoms with Crippen molar-refractivity contribution in [3.63, 3.8) is 0 Å². The molecule has 0 spiro atoms. The second-order valence-corrected chi connectivity index (χ2v) is 4.96. The Kier molecular flexibility index (Phi) is 5.10. The molecule has 0 saturated carbocycles. The summed E-state index contributed by atoms with van der Waals surface area (Å²) in [5.74, 6) is -0.0816. The zero-order chi connectivity index (χ0) is 15.2. The number of hydrogen-bond acceptors (Lipinski definition) is 4. The molecule has 1 aromatic heterocycles. The van der Waals surface area contributed by atoms with E-state index >= 15 is 0 Å². The fourth-order valence-electron chi connectivity index (χ4n) is 2.29. The Hall–Kier alpha value is -2.15. The van der Waals surface area contributed by atoms with Crippen molar-refractivity contribution < 1.29 is 9.59 Å². The largest absolute Gasteiger partial charge is 0.355 e. The highest BCUT2D eigenvalue weighted by Gasteiger charge is 2.23. The molecule has 2 rings (SSSR count). The fourth-order valence-corrected chi connectivity index (χ4v) is 2.29. The molecule has 21 heavy (non-hydrogen) atoms. The molecule has 0 aromatic carbocycles. The number of carbonyl (C=O) groups excluding carboxylic acids is 2. The quantitative estimate of drug-likeness (QED) is 0.766. The van der Waals surface area contributed by atoms with Crippen LogP contribution in [0.3, 0.4) is 0 Å². The Labute approximate surface area is 122 Å². The summed E-state index contributed by atoms with van der Waals surface area (Å²) in [5, 5.41) is 2.76. The summed E-state index contributed by atoms with van der Waals surface area (Å²) in [7, 11) is 0. The average Bonchev–Trinajstić information content (AvgIpc) is 2.48. The average molecular weight is 292 g/mol. The van der Waals surface area contributed by atoms with Gasteiger partial charge in [-0.05, 0) is 13.0 Å². The molecule has 2 amide bonds. The molecule has 1 aliphatic heterocycles. The van der Waals surface area contributed by atoms with E-state index in [4.69, 9.17) is 0 Å². The summed E-state index contributed by atoms with van der Waals surface area (Å²) >= 11 is 0. The zero-order valence-corrected chi connectivity index (χ0v) is 12.1. The molecular weight excluding hydrogens is 272 g/mol. The lowest BCUT2D eigenvalue weighted by atomic mass is 10.2. The Bertz CT molecular complexity index is 541. The van der Waals surface area contributed by atoms with Crippen molar-refractivity contribution in [1.29, 1.82) is 0 Å². The number of H-pyrrole nitrogens is 1. The number of piperazine rings is 1. The van der Waals surface area contributed by atoms with E-state index in [0.29, 0.717) is 44.8 Å². The molecule has 0 unspecified atom stereocenters. The number of rotatable bonds is 4. The summed E-state index contributed by atoms with van der Waals surface area (Å²) in [6.45, 7) is 5.39. The van der Waals surface area contributed by atoms with Crippen LogP contribution in [0.2, 0.25) is 0 Å². The molecule has 0 atom stereocenters. The van der Waals surface area contributed by atoms with Crippen molar-refractivity contribution in [3.8, 4) is 0 Å². The molecule has 1 fully saturated rings. The molecule has 7 nitrogen and oxygen atoms in total. The number of hydrogen-bond donors (Lipinski definition) is 2. The van der Waals surface area contributed by atoms with Crippen LogP contribution >= 0.6 is 0 Å². The number of carbonyl (C=O) groups is 2. The maximum absolute atomic E-state index is 12.2. The first-order valence-electron chi connectivity index (χ1n) is 7.07. The molecular formula is C14H20N4O3. The highest BCUT2D eigenvalue weighted by atomic mass is 16.2. The molecule has 114 valence electrons. The molecule has 1 aromatic rings. The fraction of sp³-hybridized carbons (Fsp3) is 0.500. The van der Waals surface area contributed by atoms with Gasteiger partial charge in [0.15, 0.2) is 0 Å². The summed E-state index contributed by atoms with van der Waals surface area (Å²) < 4.78 is 0. The number of aromatic nitrogens is 1. The van der Waals surface area contributed by atoms with Crippen molar-refractivity contribution in [2.45, 2.75) is 6.92 Å². The number of likely N-dealkylation sites (N-methyl/N-ethyl adjacent to an activating group) is 1. The standard InChI is InChI=1S/C14H20N4O3/c1-2-15-13(20)10-17-5-7-18(8-6-17)14(21)11-3-4-12(19)16-9-11/h3-4,9H,2,5-8,10H2,1H3,(H,15,20)(H,16,19). The van der Waals surface area contributed by atoms with Gasteiger partial charge in [-0.25, -0.2) is 0 Å². The summed E-state index contributed by atoms with van der Waals surface area (Å²) in [6, 6.07) is 2.88. The second kappa shape index (κ2) is 7.03. The van der Waals surface area contributed by atoms with Crippen LogP contribution in [0.1, 0.15) is 17.3 Å². The van der Waals surface area contributed by atoms with Gasteiger partial charge < -0.3 is 15.2 Å². The number of pyridine rings is 1. The minimum Gasteiger partial charge on any atom is -0.355 e. The molecule has 7 heteroatoms. The predicted molar refractivity (Wildman–Crippen MR) is 78.1 cm³/mol. The smallest absolute Gasteiger partial charge is 0.255 e. The van der Waals surface area contributed by atoms with E-state index < -0.39 is 0 Å². The Morgan fingerprint density at radius 1 is 1.24 bits per heavy atom. The lowest BCUT2D eigenvalue weighted by Crippen LogP contribution is -2.51. The molecule has 0 bridgehead atoms. The van der Waals surface area contributed by atoms with Gasteiger partial charge in [-0.2, -0.15) is 0 Å². The van der Waals surface area contributed by atoms with Crippen LogP contribution < -0.4 is 10.9 Å². The van der Waals surface area contributed by atoms with Gasteiger partial charge in [0.05, 0.1) is 12.1 Å². The van der Waals surface area contributed by atoms with E-state index in [1.165, 1.54) is 18.3 Å². The van der Waals surface area contributed by atoms with Crippen molar-refractivity contribution in [3.05, 3.63) is 34.2 Å². The van der Waals surface area contributed by atoms with Gasteiger partial charge in [-0.1, -0.05) is 0 Å². The first kappa shape index (κ1) is 15.2. The normalized spacial score (nSPS) is 15.8. The van der Waals surface area contributed by atoms with Crippen LogP contribution in [0.4, 0.5) is 0 Å². The third kappa shape index (κ3) is 4.16. The highest BCUT2D eigenvalue weighted by molar-refractivity contribution is 5.93. The monoisotopic (exact) mass is 292 g/mol. The lowest BCUT2D eigenvalue weighted by molar-refractivity contribution is -0.122. The van der Waals surface area contributed by atoms with Gasteiger partial charge in [-0.3, -0.25) is 19.3 Å². The minimum atomic E-state index is -0.224. The van der Waals surface area contributed by atoms with Crippen molar-refractivity contribution in [2.24, 2.45) is 0 Å². The van der Waals surface area contributed by atoms with Crippen molar-refractivity contribution in [1.82, 2.24) is 20.1 Å². The van der Waals surface area contributed by atoms with Crippen LogP contribution in [-0.2, 0) is 4.79 Å². The van der Waals surface area contributed by atoms with Gasteiger partial charge in [-0.15, -0.1) is 0 Å². The van der Waals surface area contributed by atoms with Crippen molar-refractivity contribution >= 4 is 11.8 Å². The Morgan fingerprint density at radius 2 is 1.95 bits per heavy atom. The molecule has 1 aliphatic rings. The van der Waals surface area contributed by atoms with Gasteiger partial charge in [0, 0.05) is 45.0 Å². The SMILES string of the molecule is CCNC(=O)CN1CCN(C(=O)c2ccc(=O)[nH]c2)CC1. The third-order valence-corrected chi connectivity index (χ3v) is 3.43. The summed E-state index contributed by atoms with van der Waals surface area (Å²) in [4.78, 5) is 41.0.